The number of likely N-dealkylation sites (N-methyl/N-ethyl adjacent to an activating group) is 1. The number of thioether (sulfide) groups is 1. The number of carbonyl (C=O) groups is 4. The Morgan fingerprint density at radius 2 is 1.81 bits per heavy atom. The summed E-state index contributed by atoms with van der Waals surface area (Å²) in [6, 6.07) is 5.41. The minimum absolute atomic E-state index is 0.0504. The molecule has 1 fully saturated rings. The van der Waals surface area contributed by atoms with Crippen molar-refractivity contribution in [3.05, 3.63) is 30.1 Å². The Bertz CT molecular complexity index is 782. The SMILES string of the molecule is CCOC(=O)C1CCN(C(=O)CN(C)C(=O)CSCC(=O)Nc2ccc(F)cc2)CC1. The first-order valence-corrected chi connectivity index (χ1v) is 11.3. The predicted molar refractivity (Wildman–Crippen MR) is 116 cm³/mol. The van der Waals surface area contributed by atoms with Gasteiger partial charge in [0.1, 0.15) is 5.82 Å². The number of amides is 3. The van der Waals surface area contributed by atoms with Crippen LogP contribution in [0.15, 0.2) is 24.3 Å². The molecule has 31 heavy (non-hydrogen) atoms. The van der Waals surface area contributed by atoms with Crippen LogP contribution in [0.5, 0.6) is 0 Å². The van der Waals surface area contributed by atoms with E-state index in [0.717, 1.165) is 11.8 Å². The average molecular weight is 454 g/mol. The molecule has 2 rings (SSSR count). The Morgan fingerprint density at radius 1 is 1.16 bits per heavy atom. The summed E-state index contributed by atoms with van der Waals surface area (Å²) in [5.74, 6) is -1.39. The fourth-order valence-corrected chi connectivity index (χ4v) is 3.84. The van der Waals surface area contributed by atoms with Gasteiger partial charge >= 0.3 is 5.97 Å². The largest absolute Gasteiger partial charge is 0.466 e. The van der Waals surface area contributed by atoms with E-state index in [2.05, 4.69) is 5.32 Å². The number of halogens is 1. The molecule has 1 aliphatic heterocycles. The van der Waals surface area contributed by atoms with E-state index in [9.17, 15) is 23.6 Å². The smallest absolute Gasteiger partial charge is 0.309 e. The Balaban J connectivity index is 1.66. The molecule has 170 valence electrons. The van der Waals surface area contributed by atoms with Crippen molar-refractivity contribution in [2.45, 2.75) is 19.8 Å². The molecule has 0 radical (unpaired) electrons. The van der Waals surface area contributed by atoms with Gasteiger partial charge in [0, 0.05) is 25.8 Å². The lowest BCUT2D eigenvalue weighted by Crippen LogP contribution is -2.46. The fraction of sp³-hybridized carbons (Fsp3) is 0.524. The number of piperidine rings is 1. The van der Waals surface area contributed by atoms with Gasteiger partial charge in [-0.2, -0.15) is 0 Å². The molecule has 8 nitrogen and oxygen atoms in total. The molecular weight excluding hydrogens is 425 g/mol. The Hall–Kier alpha value is -2.62. The molecule has 0 aliphatic carbocycles. The van der Waals surface area contributed by atoms with Crippen LogP contribution in [-0.2, 0) is 23.9 Å². The fourth-order valence-electron chi connectivity index (χ4n) is 3.09. The van der Waals surface area contributed by atoms with Crippen LogP contribution in [0.1, 0.15) is 19.8 Å². The average Bonchev–Trinajstić information content (AvgIpc) is 2.75. The van der Waals surface area contributed by atoms with Gasteiger partial charge in [-0.3, -0.25) is 19.2 Å². The van der Waals surface area contributed by atoms with Crippen LogP contribution < -0.4 is 5.32 Å². The van der Waals surface area contributed by atoms with Gasteiger partial charge in [-0.05, 0) is 44.0 Å². The zero-order chi connectivity index (χ0) is 22.8. The molecule has 0 aromatic heterocycles. The minimum atomic E-state index is -0.390. The van der Waals surface area contributed by atoms with E-state index in [1.807, 2.05) is 0 Å². The number of ether oxygens (including phenoxy) is 1. The second kappa shape index (κ2) is 12.3. The van der Waals surface area contributed by atoms with Crippen molar-refractivity contribution in [2.24, 2.45) is 5.92 Å². The molecule has 0 unspecified atom stereocenters. The van der Waals surface area contributed by atoms with E-state index in [4.69, 9.17) is 4.74 Å². The van der Waals surface area contributed by atoms with Crippen molar-refractivity contribution < 1.29 is 28.3 Å². The number of likely N-dealkylation sites (tertiary alicyclic amines) is 1. The van der Waals surface area contributed by atoms with Crippen LogP contribution in [0.3, 0.4) is 0 Å². The zero-order valence-electron chi connectivity index (χ0n) is 17.8. The number of carbonyl (C=O) groups excluding carboxylic acids is 4. The number of nitrogens with zero attached hydrogens (tertiary/aromatic N) is 2. The lowest BCUT2D eigenvalue weighted by atomic mass is 9.97. The van der Waals surface area contributed by atoms with Gasteiger partial charge in [-0.1, -0.05) is 0 Å². The third-order valence-corrected chi connectivity index (χ3v) is 5.77. The molecule has 1 N–H and O–H groups in total. The van der Waals surface area contributed by atoms with Crippen LogP contribution in [0, 0.1) is 11.7 Å². The van der Waals surface area contributed by atoms with Gasteiger partial charge in [-0.25, -0.2) is 4.39 Å². The summed E-state index contributed by atoms with van der Waals surface area (Å²) >= 11 is 1.14. The van der Waals surface area contributed by atoms with Crippen LogP contribution in [0.4, 0.5) is 10.1 Å². The lowest BCUT2D eigenvalue weighted by molar-refractivity contribution is -0.151. The Labute approximate surface area is 185 Å². The molecular formula is C21H28FN3O5S. The number of benzene rings is 1. The monoisotopic (exact) mass is 453 g/mol. The molecule has 0 spiro atoms. The molecule has 0 atom stereocenters. The van der Waals surface area contributed by atoms with Crippen molar-refractivity contribution in [3.8, 4) is 0 Å². The van der Waals surface area contributed by atoms with Crippen LogP contribution >= 0.6 is 11.8 Å². The van der Waals surface area contributed by atoms with Crippen molar-refractivity contribution >= 4 is 41.1 Å². The van der Waals surface area contributed by atoms with E-state index < -0.39 is 0 Å². The summed E-state index contributed by atoms with van der Waals surface area (Å²) in [5, 5.41) is 2.62. The highest BCUT2D eigenvalue weighted by Crippen LogP contribution is 2.19. The normalized spacial score (nSPS) is 14.1. The van der Waals surface area contributed by atoms with Gasteiger partial charge in [0.15, 0.2) is 0 Å². The number of hydrogen-bond acceptors (Lipinski definition) is 6. The van der Waals surface area contributed by atoms with Crippen molar-refractivity contribution in [1.82, 2.24) is 9.80 Å². The van der Waals surface area contributed by atoms with Crippen LogP contribution in [0.25, 0.3) is 0 Å². The van der Waals surface area contributed by atoms with Gasteiger partial charge in [0.05, 0.1) is 30.6 Å². The summed E-state index contributed by atoms with van der Waals surface area (Å²) in [7, 11) is 1.55. The molecule has 0 bridgehead atoms. The lowest BCUT2D eigenvalue weighted by Gasteiger charge is -2.32. The summed E-state index contributed by atoms with van der Waals surface area (Å²) in [6.45, 7) is 2.98. The first-order valence-electron chi connectivity index (χ1n) is 10.1. The Morgan fingerprint density at radius 3 is 2.42 bits per heavy atom. The first kappa shape index (κ1) is 24.6. The number of nitrogens with one attached hydrogen (secondary N) is 1. The number of rotatable bonds is 9. The molecule has 1 aliphatic rings. The molecule has 1 saturated heterocycles. The number of esters is 1. The number of hydrogen-bond donors (Lipinski definition) is 1. The predicted octanol–water partition coefficient (Wildman–Crippen LogP) is 1.76. The molecule has 1 heterocycles. The Kier molecular flexibility index (Phi) is 9.77. The van der Waals surface area contributed by atoms with E-state index in [1.165, 1.54) is 29.2 Å². The van der Waals surface area contributed by atoms with Gasteiger partial charge in [0.25, 0.3) is 0 Å². The first-order chi connectivity index (χ1) is 14.8. The maximum atomic E-state index is 12.9. The van der Waals surface area contributed by atoms with E-state index in [1.54, 1.807) is 18.9 Å². The quantitative estimate of drug-likeness (QED) is 0.573. The second-order valence-corrected chi connectivity index (χ2v) is 8.19. The number of anilines is 1. The maximum absolute atomic E-state index is 12.9. The van der Waals surface area contributed by atoms with Crippen molar-refractivity contribution in [3.63, 3.8) is 0 Å². The summed E-state index contributed by atoms with van der Waals surface area (Å²) < 4.78 is 17.9. The zero-order valence-corrected chi connectivity index (χ0v) is 18.6. The van der Waals surface area contributed by atoms with Gasteiger partial charge in [0.2, 0.25) is 17.7 Å². The third kappa shape index (κ3) is 8.20. The van der Waals surface area contributed by atoms with Crippen molar-refractivity contribution in [2.75, 3.05) is 50.1 Å². The molecule has 10 heteroatoms. The van der Waals surface area contributed by atoms with E-state index >= 15 is 0 Å². The third-order valence-electron chi connectivity index (χ3n) is 4.85. The highest BCUT2D eigenvalue weighted by molar-refractivity contribution is 8.00. The summed E-state index contributed by atoms with van der Waals surface area (Å²) in [4.78, 5) is 51.4. The van der Waals surface area contributed by atoms with Crippen molar-refractivity contribution in [1.29, 1.82) is 0 Å². The molecule has 1 aromatic carbocycles. The van der Waals surface area contributed by atoms with E-state index in [0.29, 0.717) is 38.2 Å². The topological polar surface area (TPSA) is 96.0 Å². The van der Waals surface area contributed by atoms with Gasteiger partial charge < -0.3 is 19.9 Å². The second-order valence-electron chi connectivity index (χ2n) is 7.20. The highest BCUT2D eigenvalue weighted by Gasteiger charge is 2.28. The molecule has 3 amide bonds. The standard InChI is InChI=1S/C21H28FN3O5S/c1-3-30-21(29)15-8-10-25(11-9-15)19(27)12-24(2)20(28)14-31-13-18(26)23-17-6-4-16(22)5-7-17/h4-7,15H,3,8-14H2,1-2H3,(H,23,26). The van der Waals surface area contributed by atoms with Gasteiger partial charge in [-0.15, -0.1) is 11.8 Å². The highest BCUT2D eigenvalue weighted by atomic mass is 32.2. The van der Waals surface area contributed by atoms with E-state index in [-0.39, 0.29) is 53.5 Å². The van der Waals surface area contributed by atoms with Crippen LogP contribution in [0.2, 0.25) is 0 Å². The maximum Gasteiger partial charge on any atom is 0.309 e. The van der Waals surface area contributed by atoms with Crippen LogP contribution in [-0.4, -0.2) is 78.3 Å². The summed E-state index contributed by atoms with van der Waals surface area (Å²) in [6.07, 6.45) is 1.11. The molecule has 0 saturated carbocycles. The minimum Gasteiger partial charge on any atom is -0.466 e. The molecule has 1 aromatic rings. The summed E-state index contributed by atoms with van der Waals surface area (Å²) in [5.41, 5.74) is 0.479.